The predicted molar refractivity (Wildman–Crippen MR) is 75.9 cm³/mol. The molecule has 0 spiro atoms. The number of fused-ring (bicyclic) bond motifs is 1. The molecule has 0 unspecified atom stereocenters. The van der Waals surface area contributed by atoms with E-state index >= 15 is 0 Å². The molecule has 0 aliphatic rings. The van der Waals surface area contributed by atoms with Crippen LogP contribution < -0.4 is 10.5 Å². The van der Waals surface area contributed by atoms with Gasteiger partial charge in [0, 0.05) is 17.8 Å². The molecule has 0 saturated carbocycles. The van der Waals surface area contributed by atoms with Crippen molar-refractivity contribution in [2.24, 2.45) is 5.73 Å². The van der Waals surface area contributed by atoms with Crippen molar-refractivity contribution in [3.63, 3.8) is 0 Å². The zero-order chi connectivity index (χ0) is 14.8. The molecule has 0 saturated heterocycles. The zero-order valence-electron chi connectivity index (χ0n) is 11.4. The Morgan fingerprint density at radius 3 is 3.05 bits per heavy atom. The molecule has 0 aliphatic carbocycles. The first-order chi connectivity index (χ1) is 10.2. The predicted octanol–water partition coefficient (Wildman–Crippen LogP) is 1.29. The number of hydrogen-bond acceptors (Lipinski definition) is 5. The molecule has 2 N–H and O–H groups in total. The Labute approximate surface area is 120 Å². The number of carbonyl (C=O) groups is 1. The van der Waals surface area contributed by atoms with Crippen LogP contribution in [0.1, 0.15) is 17.3 Å². The summed E-state index contributed by atoms with van der Waals surface area (Å²) in [6, 6.07) is 5.30. The van der Waals surface area contributed by atoms with Gasteiger partial charge in [0.15, 0.2) is 0 Å². The molecule has 0 aromatic carbocycles. The molecule has 0 atom stereocenters. The lowest BCUT2D eigenvalue weighted by Crippen LogP contribution is -2.10. The first-order valence-corrected chi connectivity index (χ1v) is 6.41. The Balaban J connectivity index is 2.20. The van der Waals surface area contributed by atoms with Crippen molar-refractivity contribution < 1.29 is 9.53 Å². The van der Waals surface area contributed by atoms with E-state index < -0.39 is 5.91 Å². The molecule has 3 rings (SSSR count). The number of pyridine rings is 1. The monoisotopic (exact) mass is 283 g/mol. The summed E-state index contributed by atoms with van der Waals surface area (Å²) < 4.78 is 7.01. The summed E-state index contributed by atoms with van der Waals surface area (Å²) in [6.45, 7) is 2.42. The fraction of sp³-hybridized carbons (Fsp3) is 0.143. The van der Waals surface area contributed by atoms with E-state index in [9.17, 15) is 4.79 Å². The maximum absolute atomic E-state index is 11.5. The number of rotatable bonds is 4. The smallest absolute Gasteiger partial charge is 0.251 e. The van der Waals surface area contributed by atoms with E-state index in [-0.39, 0.29) is 0 Å². The van der Waals surface area contributed by atoms with Crippen molar-refractivity contribution >= 4 is 11.4 Å². The van der Waals surface area contributed by atoms with Gasteiger partial charge in [0.05, 0.1) is 29.6 Å². The summed E-state index contributed by atoms with van der Waals surface area (Å²) >= 11 is 0. The lowest BCUT2D eigenvalue weighted by molar-refractivity contribution is 0.100. The number of nitrogens with two attached hydrogens (primary N) is 1. The van der Waals surface area contributed by atoms with E-state index in [0.29, 0.717) is 23.6 Å². The molecule has 3 aromatic rings. The number of ether oxygens (including phenoxy) is 1. The van der Waals surface area contributed by atoms with Gasteiger partial charge in [0.2, 0.25) is 5.88 Å². The maximum atomic E-state index is 11.5. The zero-order valence-corrected chi connectivity index (χ0v) is 11.4. The molecule has 3 heterocycles. The van der Waals surface area contributed by atoms with Crippen LogP contribution in [0.4, 0.5) is 0 Å². The quantitative estimate of drug-likeness (QED) is 0.778. The lowest BCUT2D eigenvalue weighted by Gasteiger charge is -2.04. The van der Waals surface area contributed by atoms with Crippen molar-refractivity contribution in [1.82, 2.24) is 19.6 Å². The van der Waals surface area contributed by atoms with Gasteiger partial charge in [-0.05, 0) is 19.1 Å². The summed E-state index contributed by atoms with van der Waals surface area (Å²) in [5.41, 5.74) is 7.90. The van der Waals surface area contributed by atoms with Crippen molar-refractivity contribution in [1.29, 1.82) is 0 Å². The average Bonchev–Trinajstić information content (AvgIpc) is 2.88. The molecule has 3 aromatic heterocycles. The van der Waals surface area contributed by atoms with Crippen LogP contribution in [0.2, 0.25) is 0 Å². The highest BCUT2D eigenvalue weighted by Gasteiger charge is 2.15. The summed E-state index contributed by atoms with van der Waals surface area (Å²) in [5.74, 6) is -0.00716. The third-order valence-electron chi connectivity index (χ3n) is 3.03. The molecule has 7 heteroatoms. The Bertz CT molecular complexity index is 812. The molecule has 1 amide bonds. The second-order valence-electron chi connectivity index (χ2n) is 4.33. The van der Waals surface area contributed by atoms with Gasteiger partial charge >= 0.3 is 0 Å². The molecule has 21 heavy (non-hydrogen) atoms. The van der Waals surface area contributed by atoms with Gasteiger partial charge in [-0.1, -0.05) is 0 Å². The highest BCUT2D eigenvalue weighted by atomic mass is 16.5. The number of carbonyl (C=O) groups excluding carboxylic acids is 1. The van der Waals surface area contributed by atoms with Crippen molar-refractivity contribution in [3.8, 4) is 17.1 Å². The van der Waals surface area contributed by atoms with Gasteiger partial charge in [-0.15, -0.1) is 0 Å². The summed E-state index contributed by atoms with van der Waals surface area (Å²) in [5, 5.41) is 4.17. The first kappa shape index (κ1) is 13.0. The number of aromatic nitrogens is 4. The van der Waals surface area contributed by atoms with Crippen LogP contribution in [-0.4, -0.2) is 32.1 Å². The van der Waals surface area contributed by atoms with Crippen LogP contribution in [0.5, 0.6) is 5.88 Å². The first-order valence-electron chi connectivity index (χ1n) is 6.41. The van der Waals surface area contributed by atoms with Crippen LogP contribution in [0, 0.1) is 0 Å². The number of amides is 1. The van der Waals surface area contributed by atoms with Gasteiger partial charge in [-0.3, -0.25) is 4.79 Å². The van der Waals surface area contributed by atoms with Crippen molar-refractivity contribution in [3.05, 3.63) is 42.5 Å². The number of hydrogen-bond donors (Lipinski definition) is 1. The third kappa shape index (κ3) is 2.29. The molecular formula is C14H13N5O2. The summed E-state index contributed by atoms with van der Waals surface area (Å²) in [6.07, 6.45) is 4.61. The minimum absolute atomic E-state index is 0.375. The van der Waals surface area contributed by atoms with E-state index in [0.717, 1.165) is 11.3 Å². The molecule has 0 aliphatic heterocycles. The van der Waals surface area contributed by atoms with Crippen LogP contribution in [0.15, 0.2) is 36.9 Å². The highest BCUT2D eigenvalue weighted by molar-refractivity contribution is 6.01. The van der Waals surface area contributed by atoms with Crippen LogP contribution >= 0.6 is 0 Å². The van der Waals surface area contributed by atoms with Gasteiger partial charge in [-0.25, -0.2) is 14.5 Å². The Morgan fingerprint density at radius 2 is 2.29 bits per heavy atom. The molecule has 0 radical (unpaired) electrons. The van der Waals surface area contributed by atoms with Crippen molar-refractivity contribution in [2.75, 3.05) is 6.61 Å². The molecule has 0 fully saturated rings. The summed E-state index contributed by atoms with van der Waals surface area (Å²) in [4.78, 5) is 19.6. The van der Waals surface area contributed by atoms with Crippen LogP contribution in [0.25, 0.3) is 16.8 Å². The van der Waals surface area contributed by atoms with Gasteiger partial charge in [0.25, 0.3) is 5.91 Å². The fourth-order valence-corrected chi connectivity index (χ4v) is 2.15. The topological polar surface area (TPSA) is 95.4 Å². The Morgan fingerprint density at radius 1 is 1.43 bits per heavy atom. The molecule has 106 valence electrons. The van der Waals surface area contributed by atoms with E-state index in [4.69, 9.17) is 10.5 Å². The normalized spacial score (nSPS) is 10.7. The van der Waals surface area contributed by atoms with E-state index in [1.165, 1.54) is 6.33 Å². The van der Waals surface area contributed by atoms with E-state index in [2.05, 4.69) is 15.1 Å². The standard InChI is InChI=1S/C14H13N5O2/c1-2-21-13-5-9(3-4-17-13)11-6-10(14(15)20)12-7-16-8-18-19(11)12/h3-8H,2H2,1H3,(H2,15,20). The second kappa shape index (κ2) is 5.20. The van der Waals surface area contributed by atoms with Gasteiger partial charge < -0.3 is 10.5 Å². The fourth-order valence-electron chi connectivity index (χ4n) is 2.15. The molecular weight excluding hydrogens is 270 g/mol. The second-order valence-corrected chi connectivity index (χ2v) is 4.33. The van der Waals surface area contributed by atoms with Gasteiger partial charge in [0.1, 0.15) is 6.33 Å². The summed E-state index contributed by atoms with van der Waals surface area (Å²) in [7, 11) is 0. The highest BCUT2D eigenvalue weighted by Crippen LogP contribution is 2.26. The third-order valence-corrected chi connectivity index (χ3v) is 3.03. The minimum atomic E-state index is -0.521. The number of primary amides is 1. The van der Waals surface area contributed by atoms with Crippen LogP contribution in [0.3, 0.4) is 0 Å². The molecule has 0 bridgehead atoms. The lowest BCUT2D eigenvalue weighted by atomic mass is 10.2. The minimum Gasteiger partial charge on any atom is -0.478 e. The van der Waals surface area contributed by atoms with Crippen LogP contribution in [-0.2, 0) is 0 Å². The largest absolute Gasteiger partial charge is 0.478 e. The van der Waals surface area contributed by atoms with E-state index in [1.54, 1.807) is 29.0 Å². The Hall–Kier alpha value is -2.96. The number of nitrogens with zero attached hydrogens (tertiary/aromatic N) is 4. The van der Waals surface area contributed by atoms with E-state index in [1.807, 2.05) is 13.0 Å². The molecule has 7 nitrogen and oxygen atoms in total. The Kier molecular flexibility index (Phi) is 3.23. The average molecular weight is 283 g/mol. The van der Waals surface area contributed by atoms with Crippen molar-refractivity contribution in [2.45, 2.75) is 6.92 Å². The SMILES string of the molecule is CCOc1cc(-c2cc(C(N)=O)c3cncnn23)ccn1. The maximum Gasteiger partial charge on any atom is 0.251 e. The van der Waals surface area contributed by atoms with Gasteiger partial charge in [-0.2, -0.15) is 5.10 Å².